The van der Waals surface area contributed by atoms with Crippen molar-refractivity contribution in [3.63, 3.8) is 0 Å². The number of benzene rings is 1. The first-order valence-electron chi connectivity index (χ1n) is 6.88. The molecule has 3 heteroatoms. The van der Waals surface area contributed by atoms with Gasteiger partial charge in [-0.15, -0.1) is 0 Å². The molecule has 2 aromatic rings. The van der Waals surface area contributed by atoms with Crippen molar-refractivity contribution in [2.45, 2.75) is 45.7 Å². The molecule has 1 aromatic heterocycles. The Morgan fingerprint density at radius 1 is 1.39 bits per heavy atom. The lowest BCUT2D eigenvalue weighted by molar-refractivity contribution is 0.517. The second kappa shape index (κ2) is 4.39. The normalized spacial score (nSPS) is 15.8. The Morgan fingerprint density at radius 2 is 2.17 bits per heavy atom. The van der Waals surface area contributed by atoms with E-state index < -0.39 is 0 Å². The van der Waals surface area contributed by atoms with E-state index in [1.54, 1.807) is 0 Å². The van der Waals surface area contributed by atoms with Crippen LogP contribution >= 0.6 is 0 Å². The quantitative estimate of drug-likeness (QED) is 0.897. The molecule has 1 saturated carbocycles. The van der Waals surface area contributed by atoms with Gasteiger partial charge >= 0.3 is 0 Å². The lowest BCUT2D eigenvalue weighted by atomic mass is 10.2. The van der Waals surface area contributed by atoms with Crippen LogP contribution in [0.3, 0.4) is 0 Å². The van der Waals surface area contributed by atoms with Crippen molar-refractivity contribution in [1.29, 1.82) is 0 Å². The van der Waals surface area contributed by atoms with E-state index in [4.69, 9.17) is 10.7 Å². The zero-order valence-corrected chi connectivity index (χ0v) is 11.2. The van der Waals surface area contributed by atoms with Crippen LogP contribution in [0.1, 0.15) is 44.0 Å². The summed E-state index contributed by atoms with van der Waals surface area (Å²) in [5.74, 6) is 2.62. The smallest absolute Gasteiger partial charge is 0.112 e. The monoisotopic (exact) mass is 243 g/mol. The molecule has 96 valence electrons. The molecule has 18 heavy (non-hydrogen) atoms. The lowest BCUT2D eigenvalue weighted by Gasteiger charge is -2.11. The Bertz CT molecular complexity index is 564. The topological polar surface area (TPSA) is 43.8 Å². The number of imidazole rings is 1. The molecular weight excluding hydrogens is 222 g/mol. The Balaban J connectivity index is 2.12. The summed E-state index contributed by atoms with van der Waals surface area (Å²) in [6, 6.07) is 6.44. The zero-order chi connectivity index (χ0) is 12.7. The van der Waals surface area contributed by atoms with Gasteiger partial charge in [-0.3, -0.25) is 0 Å². The van der Waals surface area contributed by atoms with Gasteiger partial charge in [0, 0.05) is 19.0 Å². The maximum Gasteiger partial charge on any atom is 0.112 e. The Hall–Kier alpha value is -1.35. The van der Waals surface area contributed by atoms with Crippen LogP contribution in [0.25, 0.3) is 11.0 Å². The van der Waals surface area contributed by atoms with Crippen molar-refractivity contribution in [2.75, 3.05) is 0 Å². The van der Waals surface area contributed by atoms with Crippen LogP contribution in [-0.4, -0.2) is 9.55 Å². The number of hydrogen-bond acceptors (Lipinski definition) is 2. The van der Waals surface area contributed by atoms with Crippen molar-refractivity contribution < 1.29 is 0 Å². The number of rotatable bonds is 4. The maximum absolute atomic E-state index is 5.70. The van der Waals surface area contributed by atoms with E-state index in [2.05, 4.69) is 36.6 Å². The van der Waals surface area contributed by atoms with Gasteiger partial charge in [-0.25, -0.2) is 4.98 Å². The Morgan fingerprint density at radius 3 is 2.78 bits per heavy atom. The summed E-state index contributed by atoms with van der Waals surface area (Å²) in [6.45, 7) is 6.17. The van der Waals surface area contributed by atoms with E-state index in [0.29, 0.717) is 18.4 Å². The average Bonchev–Trinajstić information content (AvgIpc) is 3.13. The fourth-order valence-corrected chi connectivity index (χ4v) is 2.53. The first-order chi connectivity index (χ1) is 8.69. The van der Waals surface area contributed by atoms with Crippen LogP contribution in [0.5, 0.6) is 0 Å². The fraction of sp³-hybridized carbons (Fsp3) is 0.533. The Labute approximate surface area is 108 Å². The molecule has 1 heterocycles. The number of nitrogens with zero attached hydrogens (tertiary/aromatic N) is 2. The highest BCUT2D eigenvalue weighted by atomic mass is 15.1. The van der Waals surface area contributed by atoms with Crippen LogP contribution in [-0.2, 0) is 13.1 Å². The summed E-state index contributed by atoms with van der Waals surface area (Å²) >= 11 is 0. The SMILES string of the molecule is CC(C)Cn1c(C2CC2)nc2cc(CN)ccc21. The first kappa shape index (κ1) is 11.7. The molecule has 1 aliphatic rings. The molecule has 0 atom stereocenters. The molecule has 3 rings (SSSR count). The molecule has 0 aliphatic heterocycles. The van der Waals surface area contributed by atoms with E-state index in [1.165, 1.54) is 29.7 Å². The minimum absolute atomic E-state index is 0.589. The van der Waals surface area contributed by atoms with Gasteiger partial charge in [0.15, 0.2) is 0 Å². The fourth-order valence-electron chi connectivity index (χ4n) is 2.53. The van der Waals surface area contributed by atoms with Gasteiger partial charge in [0.2, 0.25) is 0 Å². The zero-order valence-electron chi connectivity index (χ0n) is 11.2. The van der Waals surface area contributed by atoms with Crippen LogP contribution in [0.4, 0.5) is 0 Å². The largest absolute Gasteiger partial charge is 0.327 e. The minimum Gasteiger partial charge on any atom is -0.327 e. The molecule has 1 aliphatic carbocycles. The predicted molar refractivity (Wildman–Crippen MR) is 74.4 cm³/mol. The summed E-state index contributed by atoms with van der Waals surface area (Å²) in [7, 11) is 0. The van der Waals surface area contributed by atoms with Crippen molar-refractivity contribution in [3.8, 4) is 0 Å². The second-order valence-electron chi connectivity index (χ2n) is 5.78. The summed E-state index contributed by atoms with van der Waals surface area (Å²) in [5.41, 5.74) is 9.25. The molecule has 3 nitrogen and oxygen atoms in total. The summed E-state index contributed by atoms with van der Waals surface area (Å²) in [4.78, 5) is 4.84. The molecule has 0 radical (unpaired) electrons. The summed E-state index contributed by atoms with van der Waals surface area (Å²) in [5, 5.41) is 0. The van der Waals surface area contributed by atoms with Crippen LogP contribution in [0.15, 0.2) is 18.2 Å². The lowest BCUT2D eigenvalue weighted by Crippen LogP contribution is -2.07. The third-order valence-electron chi connectivity index (χ3n) is 3.57. The van der Waals surface area contributed by atoms with Gasteiger partial charge in [-0.2, -0.15) is 0 Å². The van der Waals surface area contributed by atoms with Crippen LogP contribution in [0.2, 0.25) is 0 Å². The van der Waals surface area contributed by atoms with E-state index in [0.717, 1.165) is 12.1 Å². The molecule has 0 saturated heterocycles. The highest BCUT2D eigenvalue weighted by molar-refractivity contribution is 5.77. The van der Waals surface area contributed by atoms with Crippen LogP contribution < -0.4 is 5.73 Å². The van der Waals surface area contributed by atoms with Gasteiger partial charge in [0.25, 0.3) is 0 Å². The molecular formula is C15H21N3. The van der Waals surface area contributed by atoms with Crippen molar-refractivity contribution in [2.24, 2.45) is 11.7 Å². The predicted octanol–water partition coefficient (Wildman–Crippen LogP) is 3.03. The van der Waals surface area contributed by atoms with Gasteiger partial charge in [-0.1, -0.05) is 19.9 Å². The van der Waals surface area contributed by atoms with Gasteiger partial charge in [-0.05, 0) is 36.5 Å². The minimum atomic E-state index is 0.589. The van der Waals surface area contributed by atoms with E-state index in [-0.39, 0.29) is 0 Å². The van der Waals surface area contributed by atoms with Crippen LogP contribution in [0, 0.1) is 5.92 Å². The van der Waals surface area contributed by atoms with E-state index >= 15 is 0 Å². The van der Waals surface area contributed by atoms with Crippen molar-refractivity contribution >= 4 is 11.0 Å². The molecule has 0 bridgehead atoms. The van der Waals surface area contributed by atoms with Gasteiger partial charge in [0.1, 0.15) is 5.82 Å². The molecule has 0 amide bonds. The van der Waals surface area contributed by atoms with Gasteiger partial charge in [0.05, 0.1) is 11.0 Å². The van der Waals surface area contributed by atoms with Gasteiger partial charge < -0.3 is 10.3 Å². The highest BCUT2D eigenvalue weighted by Crippen LogP contribution is 2.41. The average molecular weight is 243 g/mol. The third kappa shape index (κ3) is 2.03. The first-order valence-corrected chi connectivity index (χ1v) is 6.88. The molecule has 1 aromatic carbocycles. The number of fused-ring (bicyclic) bond motifs is 1. The highest BCUT2D eigenvalue weighted by Gasteiger charge is 2.29. The second-order valence-corrected chi connectivity index (χ2v) is 5.78. The molecule has 0 unspecified atom stereocenters. The van der Waals surface area contributed by atoms with E-state index in [9.17, 15) is 0 Å². The number of aromatic nitrogens is 2. The molecule has 1 fully saturated rings. The summed E-state index contributed by atoms with van der Waals surface area (Å²) in [6.07, 6.45) is 2.59. The standard InChI is InChI=1S/C15H21N3/c1-10(2)9-18-14-6-3-11(8-16)7-13(14)17-15(18)12-4-5-12/h3,6-7,10,12H,4-5,8-9,16H2,1-2H3. The molecule has 2 N–H and O–H groups in total. The van der Waals surface area contributed by atoms with E-state index in [1.807, 2.05) is 0 Å². The number of hydrogen-bond donors (Lipinski definition) is 1. The third-order valence-corrected chi connectivity index (χ3v) is 3.57. The maximum atomic E-state index is 5.70. The van der Waals surface area contributed by atoms with Crippen molar-refractivity contribution in [1.82, 2.24) is 9.55 Å². The number of nitrogens with two attached hydrogens (primary N) is 1. The summed E-state index contributed by atoms with van der Waals surface area (Å²) < 4.78 is 2.41. The Kier molecular flexibility index (Phi) is 2.86. The molecule has 0 spiro atoms. The van der Waals surface area contributed by atoms with Crippen molar-refractivity contribution in [3.05, 3.63) is 29.6 Å².